The van der Waals surface area contributed by atoms with Crippen LogP contribution < -0.4 is 10.1 Å². The first-order valence-electron chi connectivity index (χ1n) is 6.16. The molecule has 0 bridgehead atoms. The number of aromatic nitrogens is 1. The highest BCUT2D eigenvalue weighted by molar-refractivity contribution is 5.94. The lowest BCUT2D eigenvalue weighted by Gasteiger charge is -2.12. The maximum Gasteiger partial charge on any atom is 0.337 e. The van der Waals surface area contributed by atoms with Gasteiger partial charge in [0.15, 0.2) is 0 Å². The Morgan fingerprint density at radius 3 is 2.85 bits per heavy atom. The van der Waals surface area contributed by atoms with Gasteiger partial charge in [-0.15, -0.1) is 0 Å². The predicted molar refractivity (Wildman–Crippen MR) is 76.3 cm³/mol. The summed E-state index contributed by atoms with van der Waals surface area (Å²) in [6.45, 7) is 2.50. The van der Waals surface area contributed by atoms with E-state index in [1.54, 1.807) is 31.6 Å². The number of carbonyl (C=O) groups is 1. The highest BCUT2D eigenvalue weighted by atomic mass is 16.5. The molecule has 1 heterocycles. The maximum absolute atomic E-state index is 11.2. The molecule has 0 aliphatic heterocycles. The van der Waals surface area contributed by atoms with Crippen LogP contribution in [0.3, 0.4) is 0 Å². The molecule has 0 fully saturated rings. The van der Waals surface area contributed by atoms with Crippen LogP contribution in [-0.4, -0.2) is 23.2 Å². The van der Waals surface area contributed by atoms with Crippen LogP contribution >= 0.6 is 0 Å². The smallest absolute Gasteiger partial charge is 0.337 e. The Morgan fingerprint density at radius 2 is 2.20 bits per heavy atom. The molecule has 2 rings (SSSR count). The van der Waals surface area contributed by atoms with Crippen LogP contribution in [0.25, 0.3) is 0 Å². The van der Waals surface area contributed by atoms with Crippen LogP contribution in [0, 0.1) is 6.92 Å². The lowest BCUT2D eigenvalue weighted by molar-refractivity contribution is 0.0698. The van der Waals surface area contributed by atoms with Crippen molar-refractivity contribution >= 4 is 11.7 Å². The number of rotatable bonds is 5. The Morgan fingerprint density at radius 1 is 1.40 bits per heavy atom. The fraction of sp³-hybridized carbons (Fsp3) is 0.200. The van der Waals surface area contributed by atoms with Gasteiger partial charge in [0.25, 0.3) is 0 Å². The molecule has 5 nitrogen and oxygen atoms in total. The normalized spacial score (nSPS) is 10.1. The molecule has 2 aromatic rings. The zero-order valence-electron chi connectivity index (χ0n) is 11.4. The van der Waals surface area contributed by atoms with E-state index in [1.165, 1.54) is 6.07 Å². The van der Waals surface area contributed by atoms with Gasteiger partial charge in [0.1, 0.15) is 5.75 Å². The number of benzene rings is 1. The lowest BCUT2D eigenvalue weighted by atomic mass is 10.1. The molecule has 0 aliphatic carbocycles. The number of methoxy groups -OCH3 is 1. The van der Waals surface area contributed by atoms with Gasteiger partial charge in [-0.05, 0) is 36.2 Å². The molecule has 2 N–H and O–H groups in total. The Labute approximate surface area is 117 Å². The van der Waals surface area contributed by atoms with Crippen LogP contribution in [0.4, 0.5) is 5.69 Å². The molecule has 104 valence electrons. The first-order valence-corrected chi connectivity index (χ1v) is 6.16. The van der Waals surface area contributed by atoms with E-state index < -0.39 is 5.97 Å². The summed E-state index contributed by atoms with van der Waals surface area (Å²) in [6, 6.07) is 6.75. The van der Waals surface area contributed by atoms with E-state index in [9.17, 15) is 9.90 Å². The van der Waals surface area contributed by atoms with Gasteiger partial charge < -0.3 is 15.2 Å². The van der Waals surface area contributed by atoms with E-state index in [0.717, 1.165) is 11.1 Å². The molecule has 0 atom stereocenters. The Bertz CT molecular complexity index is 626. The van der Waals surface area contributed by atoms with Crippen molar-refractivity contribution in [3.8, 4) is 5.75 Å². The highest BCUT2D eigenvalue weighted by Crippen LogP contribution is 2.23. The molecular formula is C15H16N2O3. The van der Waals surface area contributed by atoms with Gasteiger partial charge in [0.05, 0.1) is 18.4 Å². The third kappa shape index (κ3) is 3.06. The Kier molecular flexibility index (Phi) is 4.20. The summed E-state index contributed by atoms with van der Waals surface area (Å²) in [5.41, 5.74) is 2.88. The minimum Gasteiger partial charge on any atom is -0.497 e. The van der Waals surface area contributed by atoms with Gasteiger partial charge in [0, 0.05) is 25.0 Å². The SMILES string of the molecule is COc1ccc(C(=O)O)c(NCc2ccncc2C)c1. The zero-order valence-corrected chi connectivity index (χ0v) is 11.4. The number of pyridine rings is 1. The standard InChI is InChI=1S/C15H16N2O3/c1-10-8-16-6-5-11(10)9-17-14-7-12(20-2)3-4-13(14)15(18)19/h3-8,17H,9H2,1-2H3,(H,18,19). The number of ether oxygens (including phenoxy) is 1. The topological polar surface area (TPSA) is 71.5 Å². The van der Waals surface area contributed by atoms with Gasteiger partial charge in [-0.1, -0.05) is 0 Å². The van der Waals surface area contributed by atoms with Crippen molar-refractivity contribution in [2.75, 3.05) is 12.4 Å². The van der Waals surface area contributed by atoms with Crippen molar-refractivity contribution in [2.45, 2.75) is 13.5 Å². The summed E-state index contributed by atoms with van der Waals surface area (Å²) >= 11 is 0. The van der Waals surface area contributed by atoms with E-state index in [1.807, 2.05) is 13.0 Å². The largest absolute Gasteiger partial charge is 0.497 e. The van der Waals surface area contributed by atoms with E-state index in [-0.39, 0.29) is 5.56 Å². The molecule has 0 spiro atoms. The number of carboxylic acid groups (broad SMARTS) is 1. The lowest BCUT2D eigenvalue weighted by Crippen LogP contribution is -2.07. The third-order valence-electron chi connectivity index (χ3n) is 3.06. The molecular weight excluding hydrogens is 256 g/mol. The molecule has 0 saturated carbocycles. The number of nitrogens with zero attached hydrogens (tertiary/aromatic N) is 1. The quantitative estimate of drug-likeness (QED) is 0.875. The van der Waals surface area contributed by atoms with Crippen molar-refractivity contribution in [1.82, 2.24) is 4.98 Å². The molecule has 0 radical (unpaired) electrons. The van der Waals surface area contributed by atoms with E-state index >= 15 is 0 Å². The van der Waals surface area contributed by atoms with E-state index in [0.29, 0.717) is 18.0 Å². The highest BCUT2D eigenvalue weighted by Gasteiger charge is 2.11. The van der Waals surface area contributed by atoms with Gasteiger partial charge in [-0.25, -0.2) is 4.79 Å². The fourth-order valence-corrected chi connectivity index (χ4v) is 1.87. The average Bonchev–Trinajstić information content (AvgIpc) is 2.46. The number of hydrogen-bond donors (Lipinski definition) is 2. The monoisotopic (exact) mass is 272 g/mol. The number of hydrogen-bond acceptors (Lipinski definition) is 4. The molecule has 1 aromatic carbocycles. The molecule has 5 heteroatoms. The summed E-state index contributed by atoms with van der Waals surface area (Å²) in [4.78, 5) is 15.2. The average molecular weight is 272 g/mol. The molecule has 20 heavy (non-hydrogen) atoms. The van der Waals surface area contributed by atoms with Gasteiger partial charge in [-0.2, -0.15) is 0 Å². The second-order valence-electron chi connectivity index (χ2n) is 4.37. The Hall–Kier alpha value is -2.56. The van der Waals surface area contributed by atoms with Crippen molar-refractivity contribution in [3.05, 3.63) is 53.3 Å². The van der Waals surface area contributed by atoms with Crippen LogP contribution in [-0.2, 0) is 6.54 Å². The van der Waals surface area contributed by atoms with Gasteiger partial charge in [0.2, 0.25) is 0 Å². The molecule has 0 aliphatic rings. The molecule has 0 amide bonds. The first-order chi connectivity index (χ1) is 9.61. The van der Waals surface area contributed by atoms with Crippen LogP contribution in [0.5, 0.6) is 5.75 Å². The van der Waals surface area contributed by atoms with Crippen molar-refractivity contribution in [3.63, 3.8) is 0 Å². The van der Waals surface area contributed by atoms with Gasteiger partial charge >= 0.3 is 5.97 Å². The Balaban J connectivity index is 2.24. The predicted octanol–water partition coefficient (Wildman–Crippen LogP) is 2.71. The van der Waals surface area contributed by atoms with Crippen molar-refractivity contribution < 1.29 is 14.6 Å². The van der Waals surface area contributed by atoms with Crippen LogP contribution in [0.1, 0.15) is 21.5 Å². The zero-order chi connectivity index (χ0) is 14.5. The van der Waals surface area contributed by atoms with Crippen molar-refractivity contribution in [1.29, 1.82) is 0 Å². The number of carboxylic acids is 1. The first kappa shape index (κ1) is 13.9. The fourth-order valence-electron chi connectivity index (χ4n) is 1.87. The second kappa shape index (κ2) is 6.06. The van der Waals surface area contributed by atoms with Crippen LogP contribution in [0.15, 0.2) is 36.7 Å². The molecule has 0 unspecified atom stereocenters. The number of aromatic carboxylic acids is 1. The number of aryl methyl sites for hydroxylation is 1. The maximum atomic E-state index is 11.2. The van der Waals surface area contributed by atoms with Crippen molar-refractivity contribution in [2.24, 2.45) is 0 Å². The van der Waals surface area contributed by atoms with Gasteiger partial charge in [-0.3, -0.25) is 4.98 Å². The third-order valence-corrected chi connectivity index (χ3v) is 3.06. The summed E-state index contributed by atoms with van der Waals surface area (Å²) < 4.78 is 5.12. The minimum absolute atomic E-state index is 0.220. The summed E-state index contributed by atoms with van der Waals surface area (Å²) in [5.74, 6) is -0.356. The second-order valence-corrected chi connectivity index (χ2v) is 4.37. The molecule has 0 saturated heterocycles. The van der Waals surface area contributed by atoms with Crippen LogP contribution in [0.2, 0.25) is 0 Å². The van der Waals surface area contributed by atoms with E-state index in [2.05, 4.69) is 10.3 Å². The number of nitrogens with one attached hydrogen (secondary N) is 1. The number of anilines is 1. The molecule has 1 aromatic heterocycles. The van der Waals surface area contributed by atoms with E-state index in [4.69, 9.17) is 4.74 Å². The minimum atomic E-state index is -0.971. The summed E-state index contributed by atoms with van der Waals surface area (Å²) in [7, 11) is 1.55. The summed E-state index contributed by atoms with van der Waals surface area (Å²) in [5, 5.41) is 12.3. The summed E-state index contributed by atoms with van der Waals surface area (Å²) in [6.07, 6.45) is 3.49.